The van der Waals surface area contributed by atoms with Crippen LogP contribution in [0.4, 0.5) is 4.79 Å². The molecule has 2 aliphatic rings. The Morgan fingerprint density at radius 1 is 1.00 bits per heavy atom. The zero-order valence-electron chi connectivity index (χ0n) is 18.9. The summed E-state index contributed by atoms with van der Waals surface area (Å²) in [5.41, 5.74) is 4.52. The summed E-state index contributed by atoms with van der Waals surface area (Å²) < 4.78 is 5.58. The van der Waals surface area contributed by atoms with E-state index < -0.39 is 30.1 Å². The van der Waals surface area contributed by atoms with Crippen molar-refractivity contribution < 1.29 is 24.2 Å². The molecular formula is C26H30N2O5. The molecule has 4 rings (SSSR count). The number of ether oxygens (including phenoxy) is 1. The fourth-order valence-electron chi connectivity index (χ4n) is 5.00. The molecule has 0 bridgehead atoms. The van der Waals surface area contributed by atoms with Crippen molar-refractivity contribution in [3.05, 3.63) is 59.7 Å². The fraction of sp³-hybridized carbons (Fsp3) is 0.423. The number of aliphatic carboxylic acids is 1. The van der Waals surface area contributed by atoms with Crippen molar-refractivity contribution in [3.8, 4) is 11.1 Å². The number of hydrogen-bond donors (Lipinski definition) is 3. The molecule has 1 fully saturated rings. The van der Waals surface area contributed by atoms with Crippen molar-refractivity contribution in [1.29, 1.82) is 0 Å². The van der Waals surface area contributed by atoms with Crippen molar-refractivity contribution >= 4 is 18.0 Å². The topological polar surface area (TPSA) is 105 Å². The van der Waals surface area contributed by atoms with E-state index in [9.17, 15) is 19.5 Å². The summed E-state index contributed by atoms with van der Waals surface area (Å²) in [6, 6.07) is 15.0. The average molecular weight is 451 g/mol. The summed E-state index contributed by atoms with van der Waals surface area (Å²) in [5, 5.41) is 14.9. The second-order valence-corrected chi connectivity index (χ2v) is 9.18. The van der Waals surface area contributed by atoms with Crippen LogP contribution in [-0.2, 0) is 14.3 Å². The van der Waals surface area contributed by atoms with Crippen molar-refractivity contribution in [3.63, 3.8) is 0 Å². The molecule has 7 nitrogen and oxygen atoms in total. The van der Waals surface area contributed by atoms with Gasteiger partial charge in [0.15, 0.2) is 0 Å². The molecule has 2 aromatic rings. The first kappa shape index (κ1) is 22.8. The zero-order valence-corrected chi connectivity index (χ0v) is 18.9. The Kier molecular flexibility index (Phi) is 6.67. The number of alkyl carbamates (subject to hydrolysis) is 1. The second-order valence-electron chi connectivity index (χ2n) is 9.18. The summed E-state index contributed by atoms with van der Waals surface area (Å²) in [6.45, 7) is 3.82. The van der Waals surface area contributed by atoms with Crippen molar-refractivity contribution in [2.75, 3.05) is 6.61 Å². The summed E-state index contributed by atoms with van der Waals surface area (Å²) >= 11 is 0. The number of benzene rings is 2. The number of fused-ring (bicyclic) bond motifs is 3. The number of carboxylic acid groups (broad SMARTS) is 1. The summed E-state index contributed by atoms with van der Waals surface area (Å²) in [7, 11) is 0. The van der Waals surface area contributed by atoms with E-state index in [1.165, 1.54) is 0 Å². The molecule has 0 aromatic heterocycles. The fourth-order valence-corrected chi connectivity index (χ4v) is 5.00. The predicted octanol–water partition coefficient (Wildman–Crippen LogP) is 3.92. The number of rotatable bonds is 7. The molecule has 7 heteroatoms. The Bertz CT molecular complexity index is 1000. The Hall–Kier alpha value is -3.35. The molecule has 0 radical (unpaired) electrons. The Morgan fingerprint density at radius 3 is 2.18 bits per heavy atom. The number of nitrogens with one attached hydrogen (secondary N) is 2. The minimum atomic E-state index is -0.900. The monoisotopic (exact) mass is 450 g/mol. The molecule has 3 atom stereocenters. The van der Waals surface area contributed by atoms with Crippen LogP contribution in [0.5, 0.6) is 0 Å². The maximum absolute atomic E-state index is 12.9. The molecule has 0 aliphatic heterocycles. The first-order valence-electron chi connectivity index (χ1n) is 11.5. The van der Waals surface area contributed by atoms with Crippen LogP contribution in [0.3, 0.4) is 0 Å². The van der Waals surface area contributed by atoms with Crippen LogP contribution in [0.15, 0.2) is 48.5 Å². The highest BCUT2D eigenvalue weighted by Gasteiger charge is 2.36. The lowest BCUT2D eigenvalue weighted by molar-refractivity contribution is -0.142. The third-order valence-corrected chi connectivity index (χ3v) is 6.73. The molecule has 2 aromatic carbocycles. The molecule has 2 aliphatic carbocycles. The van der Waals surface area contributed by atoms with Gasteiger partial charge in [-0.1, -0.05) is 68.8 Å². The molecule has 0 heterocycles. The van der Waals surface area contributed by atoms with Gasteiger partial charge in [-0.3, -0.25) is 9.59 Å². The number of hydrogen-bond acceptors (Lipinski definition) is 4. The Balaban J connectivity index is 1.39. The van der Waals surface area contributed by atoms with Gasteiger partial charge in [0.05, 0.1) is 5.92 Å². The molecule has 1 unspecified atom stereocenters. The SMILES string of the molecule is CC(C)C(NC(=O)OCC1c2ccccc2-c2ccccc21)C(=O)N[C@H]1CCC[C@H]1C(=O)O. The van der Waals surface area contributed by atoms with E-state index in [0.29, 0.717) is 12.8 Å². The van der Waals surface area contributed by atoms with Crippen LogP contribution in [-0.4, -0.2) is 41.8 Å². The lowest BCUT2D eigenvalue weighted by Crippen LogP contribution is -2.53. The van der Waals surface area contributed by atoms with Gasteiger partial charge in [-0.15, -0.1) is 0 Å². The van der Waals surface area contributed by atoms with E-state index in [2.05, 4.69) is 22.8 Å². The van der Waals surface area contributed by atoms with E-state index in [4.69, 9.17) is 4.74 Å². The molecule has 33 heavy (non-hydrogen) atoms. The van der Waals surface area contributed by atoms with Gasteiger partial charge in [0, 0.05) is 12.0 Å². The van der Waals surface area contributed by atoms with Gasteiger partial charge in [-0.2, -0.15) is 0 Å². The van der Waals surface area contributed by atoms with Crippen molar-refractivity contribution in [2.45, 2.75) is 51.1 Å². The molecule has 1 saturated carbocycles. The van der Waals surface area contributed by atoms with Crippen molar-refractivity contribution in [2.24, 2.45) is 11.8 Å². The minimum absolute atomic E-state index is 0.0655. The van der Waals surface area contributed by atoms with Gasteiger partial charge in [0.1, 0.15) is 12.6 Å². The number of carbonyl (C=O) groups excluding carboxylic acids is 2. The highest BCUT2D eigenvalue weighted by Crippen LogP contribution is 2.44. The number of amides is 2. The maximum Gasteiger partial charge on any atom is 0.407 e. The molecule has 3 N–H and O–H groups in total. The second kappa shape index (κ2) is 9.65. The third-order valence-electron chi connectivity index (χ3n) is 6.73. The Morgan fingerprint density at radius 2 is 1.61 bits per heavy atom. The van der Waals surface area contributed by atoms with Crippen LogP contribution < -0.4 is 10.6 Å². The van der Waals surface area contributed by atoms with Crippen LogP contribution in [0.1, 0.15) is 50.2 Å². The van der Waals surface area contributed by atoms with E-state index in [-0.39, 0.29) is 24.3 Å². The van der Waals surface area contributed by atoms with Gasteiger partial charge in [0.25, 0.3) is 0 Å². The van der Waals surface area contributed by atoms with Crippen LogP contribution in [0.2, 0.25) is 0 Å². The predicted molar refractivity (Wildman–Crippen MR) is 124 cm³/mol. The summed E-state index contributed by atoms with van der Waals surface area (Å²) in [5.74, 6) is -2.12. The third kappa shape index (κ3) is 4.72. The molecule has 0 saturated heterocycles. The average Bonchev–Trinajstić information content (AvgIpc) is 3.38. The van der Waals surface area contributed by atoms with E-state index in [1.807, 2.05) is 50.2 Å². The van der Waals surface area contributed by atoms with E-state index in [1.54, 1.807) is 0 Å². The number of carboxylic acids is 1. The normalized spacial score (nSPS) is 20.1. The highest BCUT2D eigenvalue weighted by molar-refractivity contribution is 5.87. The summed E-state index contributed by atoms with van der Waals surface area (Å²) in [6.07, 6.45) is 1.27. The van der Waals surface area contributed by atoms with Crippen molar-refractivity contribution in [1.82, 2.24) is 10.6 Å². The first-order chi connectivity index (χ1) is 15.9. The highest BCUT2D eigenvalue weighted by atomic mass is 16.5. The lowest BCUT2D eigenvalue weighted by Gasteiger charge is -2.25. The van der Waals surface area contributed by atoms with Gasteiger partial charge in [0.2, 0.25) is 5.91 Å². The number of carbonyl (C=O) groups is 3. The first-order valence-corrected chi connectivity index (χ1v) is 11.5. The largest absolute Gasteiger partial charge is 0.481 e. The standard InChI is InChI=1S/C26H30N2O5/c1-15(2)23(24(29)27-22-13-7-12-20(22)25(30)31)28-26(32)33-14-21-18-10-5-3-8-16(18)17-9-4-6-11-19(17)21/h3-6,8-11,15,20-23H,7,12-14H2,1-2H3,(H,27,29)(H,28,32)(H,30,31)/t20-,22+,23?/m1/s1. The zero-order chi connectivity index (χ0) is 23.5. The van der Waals surface area contributed by atoms with Crippen LogP contribution >= 0.6 is 0 Å². The molecule has 0 spiro atoms. The van der Waals surface area contributed by atoms with Crippen LogP contribution in [0.25, 0.3) is 11.1 Å². The summed E-state index contributed by atoms with van der Waals surface area (Å²) in [4.78, 5) is 36.9. The lowest BCUT2D eigenvalue weighted by atomic mass is 9.98. The van der Waals surface area contributed by atoms with E-state index in [0.717, 1.165) is 28.7 Å². The van der Waals surface area contributed by atoms with Gasteiger partial charge in [-0.25, -0.2) is 4.79 Å². The molecular weight excluding hydrogens is 420 g/mol. The molecule has 174 valence electrons. The quantitative estimate of drug-likeness (QED) is 0.593. The minimum Gasteiger partial charge on any atom is -0.481 e. The van der Waals surface area contributed by atoms with Crippen LogP contribution in [0, 0.1) is 11.8 Å². The maximum atomic E-state index is 12.9. The Labute approximate surface area is 193 Å². The molecule has 2 amide bonds. The smallest absolute Gasteiger partial charge is 0.407 e. The van der Waals surface area contributed by atoms with Gasteiger partial charge >= 0.3 is 12.1 Å². The van der Waals surface area contributed by atoms with Gasteiger partial charge in [-0.05, 0) is 41.0 Å². The van der Waals surface area contributed by atoms with E-state index >= 15 is 0 Å². The van der Waals surface area contributed by atoms with Gasteiger partial charge < -0.3 is 20.5 Å².